The number of rotatable bonds is 2. The topological polar surface area (TPSA) is 20.2 Å². The molecule has 2 atom stereocenters. The molecule has 19 heavy (non-hydrogen) atoms. The average Bonchev–Trinajstić information content (AvgIpc) is 2.46. The average molecular weight is 273 g/mol. The molecule has 0 amide bonds. The van der Waals surface area contributed by atoms with Gasteiger partial charge in [0.25, 0.3) is 0 Å². The number of hydrogen-bond acceptors (Lipinski definition) is 1. The summed E-state index contributed by atoms with van der Waals surface area (Å²) in [5.74, 6) is 0.259. The van der Waals surface area contributed by atoms with Crippen molar-refractivity contribution >= 4 is 11.6 Å². The standard InChI is InChI=1S/C17H17ClO/c18-16-8-4-3-7-15(16)17(19)14-10-9-12-5-1-2-6-13(12)11-14/h1-8,14,17,19H,9-11H2. The van der Waals surface area contributed by atoms with E-state index in [0.29, 0.717) is 5.02 Å². The van der Waals surface area contributed by atoms with Gasteiger partial charge < -0.3 is 5.11 Å². The van der Waals surface area contributed by atoms with Crippen molar-refractivity contribution in [1.29, 1.82) is 0 Å². The Morgan fingerprint density at radius 1 is 1.00 bits per heavy atom. The van der Waals surface area contributed by atoms with Crippen molar-refractivity contribution in [1.82, 2.24) is 0 Å². The lowest BCUT2D eigenvalue weighted by molar-refractivity contribution is 0.0996. The normalized spacial score (nSPS) is 19.8. The number of fused-ring (bicyclic) bond motifs is 1. The third-order valence-corrected chi connectivity index (χ3v) is 4.40. The SMILES string of the molecule is OC(c1ccccc1Cl)C1CCc2ccccc2C1. The van der Waals surface area contributed by atoms with Gasteiger partial charge in [0.2, 0.25) is 0 Å². The third kappa shape index (κ3) is 2.54. The van der Waals surface area contributed by atoms with Crippen molar-refractivity contribution in [2.24, 2.45) is 5.92 Å². The van der Waals surface area contributed by atoms with E-state index in [2.05, 4.69) is 24.3 Å². The van der Waals surface area contributed by atoms with Crippen LogP contribution in [-0.4, -0.2) is 5.11 Å². The molecule has 0 bridgehead atoms. The van der Waals surface area contributed by atoms with Crippen LogP contribution in [0.5, 0.6) is 0 Å². The zero-order chi connectivity index (χ0) is 13.2. The quantitative estimate of drug-likeness (QED) is 0.870. The van der Waals surface area contributed by atoms with Crippen molar-refractivity contribution in [2.45, 2.75) is 25.4 Å². The van der Waals surface area contributed by atoms with Crippen LogP contribution >= 0.6 is 11.6 Å². The van der Waals surface area contributed by atoms with E-state index in [0.717, 1.165) is 24.8 Å². The maximum absolute atomic E-state index is 10.6. The van der Waals surface area contributed by atoms with Gasteiger partial charge in [-0.3, -0.25) is 0 Å². The van der Waals surface area contributed by atoms with Gasteiger partial charge in [-0.15, -0.1) is 0 Å². The molecule has 0 fully saturated rings. The Bertz CT molecular complexity index is 579. The maximum Gasteiger partial charge on any atom is 0.0835 e. The second-order valence-electron chi connectivity index (χ2n) is 5.24. The van der Waals surface area contributed by atoms with Gasteiger partial charge in [-0.05, 0) is 47.9 Å². The molecule has 2 aromatic carbocycles. The lowest BCUT2D eigenvalue weighted by Gasteiger charge is -2.29. The van der Waals surface area contributed by atoms with E-state index in [1.54, 1.807) is 0 Å². The lowest BCUT2D eigenvalue weighted by Crippen LogP contribution is -2.21. The van der Waals surface area contributed by atoms with Gasteiger partial charge in [-0.1, -0.05) is 54.1 Å². The molecule has 0 spiro atoms. The molecule has 1 N–H and O–H groups in total. The van der Waals surface area contributed by atoms with Gasteiger partial charge in [0.15, 0.2) is 0 Å². The molecule has 0 saturated heterocycles. The summed E-state index contributed by atoms with van der Waals surface area (Å²) in [6.07, 6.45) is 2.52. The Morgan fingerprint density at radius 2 is 1.68 bits per heavy atom. The molecule has 98 valence electrons. The van der Waals surface area contributed by atoms with Crippen LogP contribution in [0, 0.1) is 5.92 Å². The predicted octanol–water partition coefficient (Wildman–Crippen LogP) is 4.18. The van der Waals surface area contributed by atoms with E-state index >= 15 is 0 Å². The van der Waals surface area contributed by atoms with Gasteiger partial charge >= 0.3 is 0 Å². The van der Waals surface area contributed by atoms with Gasteiger partial charge in [0.05, 0.1) is 6.10 Å². The van der Waals surface area contributed by atoms with Gasteiger partial charge in [0, 0.05) is 5.02 Å². The molecule has 3 rings (SSSR count). The fraction of sp³-hybridized carbons (Fsp3) is 0.294. The first-order chi connectivity index (χ1) is 9.25. The summed E-state index contributed by atoms with van der Waals surface area (Å²) in [7, 11) is 0. The molecule has 2 unspecified atom stereocenters. The summed E-state index contributed by atoms with van der Waals surface area (Å²) in [5.41, 5.74) is 3.64. The third-order valence-electron chi connectivity index (χ3n) is 4.06. The molecule has 1 nitrogen and oxygen atoms in total. The molecular formula is C17H17ClO. The fourth-order valence-electron chi connectivity index (χ4n) is 2.96. The van der Waals surface area contributed by atoms with Crippen molar-refractivity contribution in [3.63, 3.8) is 0 Å². The summed E-state index contributed by atoms with van der Waals surface area (Å²) in [5, 5.41) is 11.2. The highest BCUT2D eigenvalue weighted by Crippen LogP contribution is 2.36. The Labute approximate surface area is 118 Å². The largest absolute Gasteiger partial charge is 0.388 e. The Balaban J connectivity index is 1.83. The summed E-state index contributed by atoms with van der Waals surface area (Å²) in [6, 6.07) is 16.1. The molecule has 0 heterocycles. The highest BCUT2D eigenvalue weighted by Gasteiger charge is 2.26. The fourth-order valence-corrected chi connectivity index (χ4v) is 3.21. The highest BCUT2D eigenvalue weighted by molar-refractivity contribution is 6.31. The van der Waals surface area contributed by atoms with Crippen LogP contribution in [-0.2, 0) is 12.8 Å². The first-order valence-corrected chi connectivity index (χ1v) is 7.13. The maximum atomic E-state index is 10.6. The minimum atomic E-state index is -0.470. The van der Waals surface area contributed by atoms with E-state index in [1.165, 1.54) is 11.1 Å². The summed E-state index contributed by atoms with van der Waals surface area (Å²) >= 11 is 6.18. The predicted molar refractivity (Wildman–Crippen MR) is 78.4 cm³/mol. The van der Waals surface area contributed by atoms with E-state index < -0.39 is 6.10 Å². The second-order valence-corrected chi connectivity index (χ2v) is 5.65. The van der Waals surface area contributed by atoms with Crippen LogP contribution < -0.4 is 0 Å². The number of aryl methyl sites for hydroxylation is 1. The first-order valence-electron chi connectivity index (χ1n) is 6.75. The number of benzene rings is 2. The Hall–Kier alpha value is -1.31. The second kappa shape index (κ2) is 5.36. The summed E-state index contributed by atoms with van der Waals surface area (Å²) in [4.78, 5) is 0. The van der Waals surface area contributed by atoms with Crippen LogP contribution in [0.2, 0.25) is 5.02 Å². The van der Waals surface area contributed by atoms with Gasteiger partial charge in [-0.2, -0.15) is 0 Å². The smallest absolute Gasteiger partial charge is 0.0835 e. The van der Waals surface area contributed by atoms with Crippen molar-refractivity contribution in [3.8, 4) is 0 Å². The first kappa shape index (κ1) is 12.7. The van der Waals surface area contributed by atoms with E-state index in [1.807, 2.05) is 24.3 Å². The summed E-state index contributed by atoms with van der Waals surface area (Å²) in [6.45, 7) is 0. The molecule has 1 aliphatic rings. The molecule has 2 heteroatoms. The van der Waals surface area contributed by atoms with Crippen LogP contribution in [0.25, 0.3) is 0 Å². The zero-order valence-corrected chi connectivity index (χ0v) is 11.5. The van der Waals surface area contributed by atoms with Gasteiger partial charge in [0.1, 0.15) is 0 Å². The Kier molecular flexibility index (Phi) is 3.58. The van der Waals surface area contributed by atoms with E-state index in [-0.39, 0.29) is 5.92 Å². The van der Waals surface area contributed by atoms with E-state index in [9.17, 15) is 5.11 Å². The molecule has 0 saturated carbocycles. The molecule has 0 aromatic heterocycles. The van der Waals surface area contributed by atoms with Crippen LogP contribution in [0.3, 0.4) is 0 Å². The lowest BCUT2D eigenvalue weighted by atomic mass is 9.79. The van der Waals surface area contributed by atoms with Crippen LogP contribution in [0.1, 0.15) is 29.2 Å². The summed E-state index contributed by atoms with van der Waals surface area (Å²) < 4.78 is 0. The minimum absolute atomic E-state index is 0.259. The number of aliphatic hydroxyl groups is 1. The molecule has 1 aliphatic carbocycles. The van der Waals surface area contributed by atoms with Crippen LogP contribution in [0.15, 0.2) is 48.5 Å². The molecule has 0 radical (unpaired) electrons. The monoisotopic (exact) mass is 272 g/mol. The molecule has 2 aromatic rings. The van der Waals surface area contributed by atoms with Crippen molar-refractivity contribution in [2.75, 3.05) is 0 Å². The molecular weight excluding hydrogens is 256 g/mol. The van der Waals surface area contributed by atoms with Crippen molar-refractivity contribution < 1.29 is 5.11 Å². The van der Waals surface area contributed by atoms with E-state index in [4.69, 9.17) is 11.6 Å². The van der Waals surface area contributed by atoms with Crippen LogP contribution in [0.4, 0.5) is 0 Å². The number of halogens is 1. The number of aliphatic hydroxyl groups excluding tert-OH is 1. The van der Waals surface area contributed by atoms with Gasteiger partial charge in [-0.25, -0.2) is 0 Å². The highest BCUT2D eigenvalue weighted by atomic mass is 35.5. The number of hydrogen-bond donors (Lipinski definition) is 1. The molecule has 0 aliphatic heterocycles. The minimum Gasteiger partial charge on any atom is -0.388 e. The zero-order valence-electron chi connectivity index (χ0n) is 10.7. The Morgan fingerprint density at radius 3 is 2.47 bits per heavy atom. The van der Waals surface area contributed by atoms with Crippen molar-refractivity contribution in [3.05, 3.63) is 70.2 Å².